The van der Waals surface area contributed by atoms with Crippen molar-refractivity contribution in [3.05, 3.63) is 0 Å². The molecule has 0 bridgehead atoms. The van der Waals surface area contributed by atoms with Crippen LogP contribution in [0, 0.1) is 0 Å². The summed E-state index contributed by atoms with van der Waals surface area (Å²) in [7, 11) is 0. The van der Waals surface area contributed by atoms with Crippen molar-refractivity contribution in [2.24, 2.45) is 0 Å². The highest BCUT2D eigenvalue weighted by molar-refractivity contribution is 5.70. The third-order valence-electron chi connectivity index (χ3n) is 3.10. The summed E-state index contributed by atoms with van der Waals surface area (Å²) < 4.78 is 10.4. The summed E-state index contributed by atoms with van der Waals surface area (Å²) in [6, 6.07) is 0.115. The fraction of sp³-hybridized carbons (Fsp3) is 0.846. The molecule has 1 saturated heterocycles. The number of hydrogen-bond acceptors (Lipinski definition) is 4. The predicted molar refractivity (Wildman–Crippen MR) is 67.2 cm³/mol. The van der Waals surface area contributed by atoms with Crippen molar-refractivity contribution in [1.82, 2.24) is 4.90 Å². The van der Waals surface area contributed by atoms with Crippen molar-refractivity contribution in [2.45, 2.75) is 58.6 Å². The van der Waals surface area contributed by atoms with Gasteiger partial charge in [-0.1, -0.05) is 20.8 Å². The van der Waals surface area contributed by atoms with Crippen LogP contribution in [-0.2, 0) is 14.3 Å². The standard InChI is InChI=1S/C13H23NO4/c1-4-7-17-13(16)14-9-11(8-10(14)5-2)18-12(15)6-3/h10-11H,4-9H2,1-3H3. The molecule has 0 aromatic carbocycles. The maximum Gasteiger partial charge on any atom is 0.410 e. The number of amides is 1. The van der Waals surface area contributed by atoms with Gasteiger partial charge in [-0.25, -0.2) is 4.79 Å². The first-order chi connectivity index (χ1) is 8.62. The van der Waals surface area contributed by atoms with Crippen molar-refractivity contribution in [3.63, 3.8) is 0 Å². The Morgan fingerprint density at radius 2 is 2.00 bits per heavy atom. The number of likely N-dealkylation sites (tertiary alicyclic amines) is 1. The lowest BCUT2D eigenvalue weighted by molar-refractivity contribution is -0.148. The van der Waals surface area contributed by atoms with Crippen molar-refractivity contribution in [1.29, 1.82) is 0 Å². The molecule has 5 heteroatoms. The Kier molecular flexibility index (Phi) is 5.95. The van der Waals surface area contributed by atoms with Crippen molar-refractivity contribution in [2.75, 3.05) is 13.2 Å². The third-order valence-corrected chi connectivity index (χ3v) is 3.10. The van der Waals surface area contributed by atoms with E-state index in [0.29, 0.717) is 26.0 Å². The fourth-order valence-electron chi connectivity index (χ4n) is 2.11. The second kappa shape index (κ2) is 7.24. The van der Waals surface area contributed by atoms with Crippen LogP contribution in [0.25, 0.3) is 0 Å². The Bertz CT molecular complexity index is 293. The van der Waals surface area contributed by atoms with E-state index >= 15 is 0 Å². The first-order valence-corrected chi connectivity index (χ1v) is 6.75. The molecule has 0 aliphatic carbocycles. The molecule has 0 aromatic rings. The number of carbonyl (C=O) groups is 2. The van der Waals surface area contributed by atoms with E-state index in [2.05, 4.69) is 0 Å². The monoisotopic (exact) mass is 257 g/mol. The highest BCUT2D eigenvalue weighted by atomic mass is 16.6. The zero-order valence-corrected chi connectivity index (χ0v) is 11.5. The number of ether oxygens (including phenoxy) is 2. The summed E-state index contributed by atoms with van der Waals surface area (Å²) in [6.45, 7) is 6.63. The van der Waals surface area contributed by atoms with Gasteiger partial charge in [0.05, 0.1) is 13.2 Å². The van der Waals surface area contributed by atoms with Gasteiger partial charge in [-0.3, -0.25) is 4.79 Å². The van der Waals surface area contributed by atoms with Gasteiger partial charge in [-0.2, -0.15) is 0 Å². The molecule has 2 atom stereocenters. The Hall–Kier alpha value is -1.26. The van der Waals surface area contributed by atoms with Crippen LogP contribution in [0.5, 0.6) is 0 Å². The quantitative estimate of drug-likeness (QED) is 0.709. The van der Waals surface area contributed by atoms with Gasteiger partial charge >= 0.3 is 12.1 Å². The van der Waals surface area contributed by atoms with E-state index in [9.17, 15) is 9.59 Å². The molecule has 1 heterocycles. The Labute approximate surface area is 108 Å². The molecule has 1 rings (SSSR count). The van der Waals surface area contributed by atoms with Gasteiger partial charge in [0.25, 0.3) is 0 Å². The first-order valence-electron chi connectivity index (χ1n) is 6.75. The minimum Gasteiger partial charge on any atom is -0.460 e. The minimum absolute atomic E-state index is 0.115. The van der Waals surface area contributed by atoms with E-state index in [0.717, 1.165) is 12.8 Å². The number of rotatable bonds is 5. The van der Waals surface area contributed by atoms with Gasteiger partial charge in [0, 0.05) is 18.9 Å². The summed E-state index contributed by atoms with van der Waals surface area (Å²) >= 11 is 0. The second-order valence-electron chi connectivity index (χ2n) is 4.53. The highest BCUT2D eigenvalue weighted by Gasteiger charge is 2.36. The fourth-order valence-corrected chi connectivity index (χ4v) is 2.11. The van der Waals surface area contributed by atoms with Crippen LogP contribution < -0.4 is 0 Å². The van der Waals surface area contributed by atoms with E-state index in [4.69, 9.17) is 9.47 Å². The van der Waals surface area contributed by atoms with Gasteiger partial charge in [0.1, 0.15) is 6.10 Å². The van der Waals surface area contributed by atoms with E-state index in [-0.39, 0.29) is 24.2 Å². The SMILES string of the molecule is CCCOC(=O)N1CC(OC(=O)CC)CC1CC. The van der Waals surface area contributed by atoms with Crippen LogP contribution in [0.2, 0.25) is 0 Å². The van der Waals surface area contributed by atoms with Crippen LogP contribution >= 0.6 is 0 Å². The van der Waals surface area contributed by atoms with E-state index < -0.39 is 0 Å². The topological polar surface area (TPSA) is 55.8 Å². The van der Waals surface area contributed by atoms with Crippen LogP contribution in [0.1, 0.15) is 46.5 Å². The average Bonchev–Trinajstić information content (AvgIpc) is 2.78. The van der Waals surface area contributed by atoms with Gasteiger partial charge in [0.15, 0.2) is 0 Å². The van der Waals surface area contributed by atoms with E-state index in [1.165, 1.54) is 0 Å². The van der Waals surface area contributed by atoms with Gasteiger partial charge < -0.3 is 14.4 Å². The molecule has 104 valence electrons. The normalized spacial score (nSPS) is 22.9. The Morgan fingerprint density at radius 1 is 1.28 bits per heavy atom. The number of nitrogens with zero attached hydrogens (tertiary/aromatic N) is 1. The van der Waals surface area contributed by atoms with Gasteiger partial charge in [-0.05, 0) is 12.8 Å². The maximum absolute atomic E-state index is 11.8. The van der Waals surface area contributed by atoms with Gasteiger partial charge in [-0.15, -0.1) is 0 Å². The molecule has 0 radical (unpaired) electrons. The Morgan fingerprint density at radius 3 is 2.56 bits per heavy atom. The molecular formula is C13H23NO4. The van der Waals surface area contributed by atoms with E-state index in [1.807, 2.05) is 13.8 Å². The molecule has 0 spiro atoms. The van der Waals surface area contributed by atoms with Gasteiger partial charge in [0.2, 0.25) is 0 Å². The summed E-state index contributed by atoms with van der Waals surface area (Å²) in [4.78, 5) is 24.8. The van der Waals surface area contributed by atoms with Crippen molar-refractivity contribution < 1.29 is 19.1 Å². The molecule has 18 heavy (non-hydrogen) atoms. The molecule has 0 saturated carbocycles. The third kappa shape index (κ3) is 3.89. The number of carbonyl (C=O) groups excluding carboxylic acids is 2. The minimum atomic E-state index is -0.293. The molecule has 1 fully saturated rings. The molecule has 5 nitrogen and oxygen atoms in total. The molecule has 0 N–H and O–H groups in total. The zero-order chi connectivity index (χ0) is 13.5. The average molecular weight is 257 g/mol. The molecule has 1 aliphatic heterocycles. The molecule has 0 aromatic heterocycles. The summed E-state index contributed by atoms with van der Waals surface area (Å²) in [5, 5.41) is 0. The molecule has 1 amide bonds. The summed E-state index contributed by atoms with van der Waals surface area (Å²) in [5.74, 6) is -0.210. The predicted octanol–water partition coefficient (Wildman–Crippen LogP) is 2.34. The van der Waals surface area contributed by atoms with Crippen molar-refractivity contribution in [3.8, 4) is 0 Å². The van der Waals surface area contributed by atoms with Crippen LogP contribution in [-0.4, -0.2) is 42.3 Å². The summed E-state index contributed by atoms with van der Waals surface area (Å²) in [6.07, 6.45) is 2.26. The lowest BCUT2D eigenvalue weighted by atomic mass is 10.1. The lowest BCUT2D eigenvalue weighted by Crippen LogP contribution is -2.36. The molecular weight excluding hydrogens is 234 g/mol. The summed E-state index contributed by atoms with van der Waals surface area (Å²) in [5.41, 5.74) is 0. The van der Waals surface area contributed by atoms with E-state index in [1.54, 1.807) is 11.8 Å². The highest BCUT2D eigenvalue weighted by Crippen LogP contribution is 2.23. The number of hydrogen-bond donors (Lipinski definition) is 0. The molecule has 1 aliphatic rings. The van der Waals surface area contributed by atoms with Crippen molar-refractivity contribution >= 4 is 12.1 Å². The maximum atomic E-state index is 11.8. The second-order valence-corrected chi connectivity index (χ2v) is 4.53. The largest absolute Gasteiger partial charge is 0.460 e. The van der Waals surface area contributed by atoms with Crippen LogP contribution in [0.3, 0.4) is 0 Å². The van der Waals surface area contributed by atoms with Crippen LogP contribution in [0.4, 0.5) is 4.79 Å². The number of esters is 1. The van der Waals surface area contributed by atoms with Crippen LogP contribution in [0.15, 0.2) is 0 Å². The molecule has 2 unspecified atom stereocenters. The lowest BCUT2D eigenvalue weighted by Gasteiger charge is -2.22. The Balaban J connectivity index is 2.52. The smallest absolute Gasteiger partial charge is 0.410 e. The zero-order valence-electron chi connectivity index (χ0n) is 11.5. The first kappa shape index (κ1) is 14.8.